The molecule has 0 aliphatic carbocycles. The van der Waals surface area contributed by atoms with E-state index in [9.17, 15) is 13.2 Å². The van der Waals surface area contributed by atoms with Crippen molar-refractivity contribution in [1.82, 2.24) is 4.90 Å². The standard InChI is InChI=1S/C15H18N2O3S/c1-2-9-17(13-8-10-21(19,20)11-13)15(18)14(16)12-6-4-3-5-7-12/h1,3-7,13-14H,8-11,16H2/t13?,14-/m1/s1. The maximum Gasteiger partial charge on any atom is 0.245 e. The summed E-state index contributed by atoms with van der Waals surface area (Å²) in [6.45, 7) is 0.0690. The van der Waals surface area contributed by atoms with Crippen LogP contribution < -0.4 is 5.73 Å². The Morgan fingerprint density at radius 3 is 2.62 bits per heavy atom. The Balaban J connectivity index is 2.19. The third-order valence-electron chi connectivity index (χ3n) is 3.62. The largest absolute Gasteiger partial charge is 0.326 e. The topological polar surface area (TPSA) is 80.5 Å². The molecule has 0 bridgehead atoms. The van der Waals surface area contributed by atoms with Crippen molar-refractivity contribution in [3.8, 4) is 12.3 Å². The molecule has 1 aliphatic rings. The average Bonchev–Trinajstić information content (AvgIpc) is 2.84. The number of nitrogens with two attached hydrogens (primary N) is 1. The van der Waals surface area contributed by atoms with Crippen molar-refractivity contribution in [2.24, 2.45) is 5.73 Å². The zero-order valence-electron chi connectivity index (χ0n) is 11.6. The van der Waals surface area contributed by atoms with E-state index >= 15 is 0 Å². The number of terminal acetylenes is 1. The summed E-state index contributed by atoms with van der Waals surface area (Å²) in [6, 6.07) is 7.76. The number of rotatable bonds is 4. The lowest BCUT2D eigenvalue weighted by atomic mass is 10.1. The number of benzene rings is 1. The molecule has 2 rings (SSSR count). The van der Waals surface area contributed by atoms with Gasteiger partial charge in [0.2, 0.25) is 5.91 Å². The first-order valence-electron chi connectivity index (χ1n) is 6.69. The second-order valence-electron chi connectivity index (χ2n) is 5.12. The van der Waals surface area contributed by atoms with E-state index in [0.29, 0.717) is 12.0 Å². The zero-order valence-corrected chi connectivity index (χ0v) is 12.4. The Morgan fingerprint density at radius 2 is 2.10 bits per heavy atom. The van der Waals surface area contributed by atoms with E-state index in [1.807, 2.05) is 6.07 Å². The van der Waals surface area contributed by atoms with Gasteiger partial charge in [0.05, 0.1) is 18.1 Å². The Hall–Kier alpha value is -1.84. The minimum Gasteiger partial charge on any atom is -0.326 e. The van der Waals surface area contributed by atoms with Crippen LogP contribution in [0.5, 0.6) is 0 Å². The van der Waals surface area contributed by atoms with Gasteiger partial charge < -0.3 is 10.6 Å². The van der Waals surface area contributed by atoms with Crippen LogP contribution in [0.4, 0.5) is 0 Å². The van der Waals surface area contributed by atoms with Crippen molar-refractivity contribution in [3.05, 3.63) is 35.9 Å². The quantitative estimate of drug-likeness (QED) is 0.813. The Labute approximate surface area is 125 Å². The summed E-state index contributed by atoms with van der Waals surface area (Å²) >= 11 is 0. The molecular weight excluding hydrogens is 288 g/mol. The van der Waals surface area contributed by atoms with E-state index in [1.165, 1.54) is 4.90 Å². The van der Waals surface area contributed by atoms with E-state index in [2.05, 4.69) is 5.92 Å². The van der Waals surface area contributed by atoms with Crippen LogP contribution >= 0.6 is 0 Å². The van der Waals surface area contributed by atoms with E-state index < -0.39 is 15.9 Å². The SMILES string of the molecule is C#CCN(C(=O)[C@H](N)c1ccccc1)C1CCS(=O)(=O)C1. The third kappa shape index (κ3) is 3.63. The van der Waals surface area contributed by atoms with Gasteiger partial charge in [-0.15, -0.1) is 6.42 Å². The van der Waals surface area contributed by atoms with Gasteiger partial charge in [-0.1, -0.05) is 36.3 Å². The maximum absolute atomic E-state index is 12.5. The number of sulfone groups is 1. The minimum atomic E-state index is -3.09. The van der Waals surface area contributed by atoms with Crippen molar-refractivity contribution in [3.63, 3.8) is 0 Å². The first kappa shape index (κ1) is 15.5. The van der Waals surface area contributed by atoms with Gasteiger partial charge >= 0.3 is 0 Å². The van der Waals surface area contributed by atoms with Gasteiger partial charge in [-0.3, -0.25) is 4.79 Å². The van der Waals surface area contributed by atoms with Crippen LogP contribution in [0.2, 0.25) is 0 Å². The molecule has 1 fully saturated rings. The van der Waals surface area contributed by atoms with Gasteiger partial charge in [0, 0.05) is 6.04 Å². The highest BCUT2D eigenvalue weighted by Crippen LogP contribution is 2.21. The molecular formula is C15H18N2O3S. The molecule has 5 nitrogen and oxygen atoms in total. The van der Waals surface area contributed by atoms with Crippen molar-refractivity contribution in [2.45, 2.75) is 18.5 Å². The molecule has 1 amide bonds. The van der Waals surface area contributed by atoms with Crippen LogP contribution in [0.1, 0.15) is 18.0 Å². The Morgan fingerprint density at radius 1 is 1.43 bits per heavy atom. The summed E-state index contributed by atoms with van der Waals surface area (Å²) in [5.41, 5.74) is 6.68. The Kier molecular flexibility index (Phi) is 4.66. The van der Waals surface area contributed by atoms with Gasteiger partial charge in [0.15, 0.2) is 9.84 Å². The predicted octanol–water partition coefficient (Wildman–Crippen LogP) is 0.335. The first-order chi connectivity index (χ1) is 9.94. The van der Waals surface area contributed by atoms with Crippen LogP contribution in [-0.2, 0) is 14.6 Å². The molecule has 1 unspecified atom stereocenters. The molecule has 6 heteroatoms. The summed E-state index contributed by atoms with van der Waals surface area (Å²) < 4.78 is 23.2. The highest BCUT2D eigenvalue weighted by atomic mass is 32.2. The molecule has 1 aliphatic heterocycles. The molecule has 1 heterocycles. The number of nitrogens with zero attached hydrogens (tertiary/aromatic N) is 1. The summed E-state index contributed by atoms with van der Waals surface area (Å²) in [5.74, 6) is 2.13. The summed E-state index contributed by atoms with van der Waals surface area (Å²) in [7, 11) is -3.09. The normalized spacial score (nSPS) is 21.4. The van der Waals surface area contributed by atoms with Gasteiger partial charge in [-0.05, 0) is 12.0 Å². The molecule has 1 saturated heterocycles. The van der Waals surface area contributed by atoms with Gasteiger partial charge in [0.1, 0.15) is 6.04 Å². The van der Waals surface area contributed by atoms with E-state index in [1.54, 1.807) is 24.3 Å². The fourth-order valence-electron chi connectivity index (χ4n) is 2.49. The molecule has 1 aromatic carbocycles. The third-order valence-corrected chi connectivity index (χ3v) is 5.37. The molecule has 2 atom stereocenters. The van der Waals surface area contributed by atoms with Crippen molar-refractivity contribution in [1.29, 1.82) is 0 Å². The highest BCUT2D eigenvalue weighted by molar-refractivity contribution is 7.91. The summed E-state index contributed by atoms with van der Waals surface area (Å²) in [6.07, 6.45) is 5.72. The number of carbonyl (C=O) groups excluding carboxylic acids is 1. The molecule has 1 aromatic rings. The lowest BCUT2D eigenvalue weighted by molar-refractivity contribution is -0.133. The lowest BCUT2D eigenvalue weighted by Crippen LogP contribution is -2.45. The first-order valence-corrected chi connectivity index (χ1v) is 8.51. The molecule has 0 spiro atoms. The molecule has 0 saturated carbocycles. The monoisotopic (exact) mass is 306 g/mol. The molecule has 112 valence electrons. The number of hydrogen-bond acceptors (Lipinski definition) is 4. The summed E-state index contributed by atoms with van der Waals surface area (Å²) in [5, 5.41) is 0. The van der Waals surface area contributed by atoms with Crippen molar-refractivity contribution >= 4 is 15.7 Å². The van der Waals surface area contributed by atoms with E-state index in [-0.39, 0.29) is 30.0 Å². The molecule has 0 radical (unpaired) electrons. The van der Waals surface area contributed by atoms with Crippen molar-refractivity contribution < 1.29 is 13.2 Å². The highest BCUT2D eigenvalue weighted by Gasteiger charge is 2.36. The van der Waals surface area contributed by atoms with Gasteiger partial charge in [0.25, 0.3) is 0 Å². The Bertz CT molecular complexity index is 649. The van der Waals surface area contributed by atoms with E-state index in [4.69, 9.17) is 12.2 Å². The van der Waals surface area contributed by atoms with Crippen LogP contribution in [0, 0.1) is 12.3 Å². The number of amides is 1. The van der Waals surface area contributed by atoms with Crippen LogP contribution in [-0.4, -0.2) is 43.3 Å². The zero-order chi connectivity index (χ0) is 15.5. The molecule has 2 N–H and O–H groups in total. The smallest absolute Gasteiger partial charge is 0.245 e. The fourth-order valence-corrected chi connectivity index (χ4v) is 4.22. The average molecular weight is 306 g/mol. The van der Waals surface area contributed by atoms with Gasteiger partial charge in [-0.25, -0.2) is 8.42 Å². The van der Waals surface area contributed by atoms with Crippen LogP contribution in [0.15, 0.2) is 30.3 Å². The predicted molar refractivity (Wildman–Crippen MR) is 81.0 cm³/mol. The van der Waals surface area contributed by atoms with Crippen LogP contribution in [0.25, 0.3) is 0 Å². The van der Waals surface area contributed by atoms with Gasteiger partial charge in [-0.2, -0.15) is 0 Å². The number of hydrogen-bond donors (Lipinski definition) is 1. The molecule has 21 heavy (non-hydrogen) atoms. The second kappa shape index (κ2) is 6.29. The maximum atomic E-state index is 12.5. The van der Waals surface area contributed by atoms with Crippen LogP contribution in [0.3, 0.4) is 0 Å². The van der Waals surface area contributed by atoms with Crippen molar-refractivity contribution in [2.75, 3.05) is 18.1 Å². The molecule has 0 aromatic heterocycles. The minimum absolute atomic E-state index is 0.0398. The summed E-state index contributed by atoms with van der Waals surface area (Å²) in [4.78, 5) is 14.0. The lowest BCUT2D eigenvalue weighted by Gasteiger charge is -2.29. The second-order valence-corrected chi connectivity index (χ2v) is 7.34. The number of carbonyl (C=O) groups is 1. The van der Waals surface area contributed by atoms with E-state index in [0.717, 1.165) is 0 Å². The fraction of sp³-hybridized carbons (Fsp3) is 0.400.